The summed E-state index contributed by atoms with van der Waals surface area (Å²) < 4.78 is 5.75. The Bertz CT molecular complexity index is 639. The van der Waals surface area contributed by atoms with E-state index >= 15 is 0 Å². The molecule has 4 heteroatoms. The van der Waals surface area contributed by atoms with Crippen molar-refractivity contribution < 1.29 is 14.3 Å². The van der Waals surface area contributed by atoms with Crippen LogP contribution < -0.4 is 5.32 Å². The molecule has 0 radical (unpaired) electrons. The molecule has 4 nitrogen and oxygen atoms in total. The van der Waals surface area contributed by atoms with Crippen molar-refractivity contribution in [3.05, 3.63) is 0 Å². The minimum absolute atomic E-state index is 0.0587. The van der Waals surface area contributed by atoms with Gasteiger partial charge in [-0.2, -0.15) is 0 Å². The quantitative estimate of drug-likeness (QED) is 0.788. The van der Waals surface area contributed by atoms with Crippen LogP contribution in [0.5, 0.6) is 0 Å². The molecule has 5 atom stereocenters. The molecule has 4 aliphatic rings. The molecule has 3 unspecified atom stereocenters. The highest BCUT2D eigenvalue weighted by atomic mass is 16.6. The number of carbonyl (C=O) groups is 2. The molecule has 24 heavy (non-hydrogen) atoms. The van der Waals surface area contributed by atoms with Gasteiger partial charge < -0.3 is 10.1 Å². The average Bonchev–Trinajstić information content (AvgIpc) is 2.97. The van der Waals surface area contributed by atoms with Gasteiger partial charge in [0.05, 0.1) is 5.41 Å². The van der Waals surface area contributed by atoms with Crippen LogP contribution in [0.3, 0.4) is 0 Å². The molecular formula is C20H31NO3. The van der Waals surface area contributed by atoms with E-state index < -0.39 is 16.4 Å². The van der Waals surface area contributed by atoms with E-state index in [0.29, 0.717) is 12.3 Å². The average molecular weight is 333 g/mol. The predicted octanol–water partition coefficient (Wildman–Crippen LogP) is 3.44. The van der Waals surface area contributed by atoms with Crippen LogP contribution in [-0.2, 0) is 14.3 Å². The van der Waals surface area contributed by atoms with E-state index in [0.717, 1.165) is 12.8 Å². The van der Waals surface area contributed by atoms with Gasteiger partial charge in [0, 0.05) is 11.5 Å². The van der Waals surface area contributed by atoms with Crippen LogP contribution >= 0.6 is 0 Å². The van der Waals surface area contributed by atoms with Gasteiger partial charge in [-0.1, -0.05) is 34.6 Å². The van der Waals surface area contributed by atoms with Crippen molar-refractivity contribution in [1.82, 2.24) is 5.32 Å². The van der Waals surface area contributed by atoms with Crippen molar-refractivity contribution in [2.75, 3.05) is 0 Å². The Morgan fingerprint density at radius 2 is 1.75 bits per heavy atom. The molecule has 134 valence electrons. The number of hydrogen-bond acceptors (Lipinski definition) is 3. The number of ether oxygens (including phenoxy) is 1. The molecule has 3 saturated carbocycles. The molecule has 3 aliphatic carbocycles. The summed E-state index contributed by atoms with van der Waals surface area (Å²) in [6.07, 6.45) is 4.87. The Labute approximate surface area is 145 Å². The highest BCUT2D eigenvalue weighted by molar-refractivity contribution is 5.96. The molecule has 0 aromatic heterocycles. The summed E-state index contributed by atoms with van der Waals surface area (Å²) in [6.45, 7) is 13.0. The molecular weight excluding hydrogens is 302 g/mol. The monoisotopic (exact) mass is 333 g/mol. The molecule has 4 bridgehead atoms. The summed E-state index contributed by atoms with van der Waals surface area (Å²) in [5.74, 6) is 0.420. The fourth-order valence-electron chi connectivity index (χ4n) is 6.44. The first-order valence-corrected chi connectivity index (χ1v) is 9.47. The smallest absolute Gasteiger partial charge is 0.313 e. The lowest BCUT2D eigenvalue weighted by molar-refractivity contribution is -0.169. The summed E-state index contributed by atoms with van der Waals surface area (Å²) in [5, 5.41) is 3.34. The summed E-state index contributed by atoms with van der Waals surface area (Å²) in [7, 11) is 0. The fraction of sp³-hybridized carbons (Fsp3) is 0.900. The molecule has 4 rings (SSSR count). The van der Waals surface area contributed by atoms with Gasteiger partial charge in [0.2, 0.25) is 0 Å². The lowest BCUT2D eigenvalue weighted by Gasteiger charge is -2.42. The van der Waals surface area contributed by atoms with Crippen LogP contribution in [0.2, 0.25) is 0 Å². The zero-order valence-electron chi connectivity index (χ0n) is 15.9. The van der Waals surface area contributed by atoms with Gasteiger partial charge in [0.1, 0.15) is 0 Å². The van der Waals surface area contributed by atoms with E-state index in [1.165, 1.54) is 12.8 Å². The minimum atomic E-state index is -0.985. The second kappa shape index (κ2) is 4.19. The van der Waals surface area contributed by atoms with E-state index in [4.69, 9.17) is 4.74 Å². The van der Waals surface area contributed by atoms with Gasteiger partial charge in [-0.3, -0.25) is 9.59 Å². The summed E-state index contributed by atoms with van der Waals surface area (Å²) in [5.41, 5.74) is -1.59. The first kappa shape index (κ1) is 16.4. The Morgan fingerprint density at radius 1 is 1.08 bits per heavy atom. The third-order valence-electron chi connectivity index (χ3n) is 9.55. The van der Waals surface area contributed by atoms with Gasteiger partial charge in [0.15, 0.2) is 5.60 Å². The maximum Gasteiger partial charge on any atom is 0.313 e. The second-order valence-corrected chi connectivity index (χ2v) is 10.3. The van der Waals surface area contributed by atoms with Crippen LogP contribution in [0.1, 0.15) is 73.6 Å². The second-order valence-electron chi connectivity index (χ2n) is 10.3. The highest BCUT2D eigenvalue weighted by Crippen LogP contribution is 2.67. The Hall–Kier alpha value is -1.06. The Balaban J connectivity index is 1.62. The first-order valence-electron chi connectivity index (χ1n) is 9.47. The Kier molecular flexibility index (Phi) is 2.86. The summed E-state index contributed by atoms with van der Waals surface area (Å²) in [6, 6.07) is 0.190. The number of rotatable bonds is 2. The molecule has 0 aromatic carbocycles. The van der Waals surface area contributed by atoms with Crippen LogP contribution in [0.15, 0.2) is 0 Å². The SMILES string of the molecule is CC12CC[C@](C(=O)N[C@@H]3CC4CCC3(C)C4(C)C)(OC1=O)C2(C)C. The van der Waals surface area contributed by atoms with Crippen molar-refractivity contribution in [3.8, 4) is 0 Å². The van der Waals surface area contributed by atoms with Crippen LogP contribution in [0.4, 0.5) is 0 Å². The fourth-order valence-corrected chi connectivity index (χ4v) is 6.44. The van der Waals surface area contributed by atoms with E-state index in [1.807, 2.05) is 20.8 Å². The number of carbonyl (C=O) groups excluding carboxylic acids is 2. The van der Waals surface area contributed by atoms with Gasteiger partial charge in [-0.15, -0.1) is 0 Å². The van der Waals surface area contributed by atoms with Crippen LogP contribution in [0, 0.1) is 27.6 Å². The third-order valence-corrected chi connectivity index (χ3v) is 9.55. The van der Waals surface area contributed by atoms with E-state index in [2.05, 4.69) is 26.1 Å². The standard InChI is InChI=1S/C20H31NO3/c1-16(2)12-7-8-18(16,5)13(11-12)21-14(22)20-10-9-19(6,15(23)24-20)17(20,3)4/h12-13H,7-11H2,1-6H3,(H,21,22)/t12?,13-,18?,19?,20-/m1/s1. The topological polar surface area (TPSA) is 55.4 Å². The number of amides is 1. The molecule has 0 spiro atoms. The number of hydrogen-bond donors (Lipinski definition) is 1. The maximum atomic E-state index is 13.3. The van der Waals surface area contributed by atoms with Crippen molar-refractivity contribution in [3.63, 3.8) is 0 Å². The van der Waals surface area contributed by atoms with E-state index in [9.17, 15) is 9.59 Å². The zero-order chi connectivity index (χ0) is 17.8. The third kappa shape index (κ3) is 1.44. The van der Waals surface area contributed by atoms with Crippen molar-refractivity contribution in [1.29, 1.82) is 0 Å². The first-order chi connectivity index (χ1) is 10.9. The number of fused-ring (bicyclic) bond motifs is 4. The van der Waals surface area contributed by atoms with E-state index in [1.54, 1.807) is 0 Å². The van der Waals surface area contributed by atoms with Gasteiger partial charge >= 0.3 is 5.97 Å². The van der Waals surface area contributed by atoms with Crippen molar-refractivity contribution in [2.45, 2.75) is 85.3 Å². The number of nitrogens with one attached hydrogen (secondary N) is 1. The molecule has 1 heterocycles. The normalized spacial score (nSPS) is 50.2. The van der Waals surface area contributed by atoms with Crippen LogP contribution in [0.25, 0.3) is 0 Å². The molecule has 0 aromatic rings. The van der Waals surface area contributed by atoms with Gasteiger partial charge in [0.25, 0.3) is 5.91 Å². The zero-order valence-corrected chi connectivity index (χ0v) is 15.9. The Morgan fingerprint density at radius 3 is 2.17 bits per heavy atom. The van der Waals surface area contributed by atoms with Crippen molar-refractivity contribution in [2.24, 2.45) is 27.6 Å². The van der Waals surface area contributed by atoms with Crippen molar-refractivity contribution >= 4 is 11.9 Å². The van der Waals surface area contributed by atoms with Crippen LogP contribution in [-0.4, -0.2) is 23.5 Å². The summed E-state index contributed by atoms with van der Waals surface area (Å²) in [4.78, 5) is 25.7. The largest absolute Gasteiger partial charge is 0.448 e. The van der Waals surface area contributed by atoms with Gasteiger partial charge in [-0.25, -0.2) is 0 Å². The van der Waals surface area contributed by atoms with Gasteiger partial charge in [-0.05, 0) is 55.8 Å². The highest BCUT2D eigenvalue weighted by Gasteiger charge is 2.76. The lowest BCUT2D eigenvalue weighted by Crippen LogP contribution is -2.58. The molecule has 1 amide bonds. The maximum absolute atomic E-state index is 13.3. The molecule has 4 fully saturated rings. The lowest BCUT2D eigenvalue weighted by atomic mass is 9.65. The molecule has 1 aliphatic heterocycles. The minimum Gasteiger partial charge on any atom is -0.448 e. The number of esters is 1. The predicted molar refractivity (Wildman–Crippen MR) is 91.1 cm³/mol. The molecule has 1 N–H and O–H groups in total. The van der Waals surface area contributed by atoms with E-state index in [-0.39, 0.29) is 28.7 Å². The summed E-state index contributed by atoms with van der Waals surface area (Å²) >= 11 is 0. The molecule has 1 saturated heterocycles.